The Bertz CT molecular complexity index is 794. The second kappa shape index (κ2) is 9.64. The number of carbonyl (C=O) groups excluding carboxylic acids is 3. The number of esters is 1. The fourth-order valence-corrected chi connectivity index (χ4v) is 2.20. The van der Waals surface area contributed by atoms with E-state index < -0.39 is 18.5 Å². The standard InChI is InChI=1S/C21H23NO5/c1-14(2)26-12-16-4-6-18(7-5-16)21(25)27-13-20(24)22-19-10-8-17(9-11-19)15(3)23/h4-11,14H,12-13H2,1-3H3,(H,22,24). The van der Waals surface area contributed by atoms with Gasteiger partial charge in [0.05, 0.1) is 18.3 Å². The maximum Gasteiger partial charge on any atom is 0.338 e. The van der Waals surface area contributed by atoms with Crippen LogP contribution in [0, 0.1) is 0 Å². The van der Waals surface area contributed by atoms with Gasteiger partial charge >= 0.3 is 5.97 Å². The SMILES string of the molecule is CC(=O)c1ccc(NC(=O)COC(=O)c2ccc(COC(C)C)cc2)cc1. The van der Waals surface area contributed by atoms with Crippen LogP contribution in [0.2, 0.25) is 0 Å². The molecule has 2 aromatic carbocycles. The molecule has 0 spiro atoms. The zero-order valence-corrected chi connectivity index (χ0v) is 15.7. The molecule has 0 saturated heterocycles. The van der Waals surface area contributed by atoms with Crippen molar-refractivity contribution in [1.29, 1.82) is 0 Å². The minimum atomic E-state index is -0.576. The second-order valence-electron chi connectivity index (χ2n) is 6.31. The molecule has 0 aromatic heterocycles. The summed E-state index contributed by atoms with van der Waals surface area (Å²) in [5.41, 5.74) is 2.39. The summed E-state index contributed by atoms with van der Waals surface area (Å²) in [7, 11) is 0. The minimum Gasteiger partial charge on any atom is -0.452 e. The summed E-state index contributed by atoms with van der Waals surface area (Å²) in [6, 6.07) is 13.3. The highest BCUT2D eigenvalue weighted by molar-refractivity contribution is 5.97. The molecule has 6 nitrogen and oxygen atoms in total. The predicted molar refractivity (Wildman–Crippen MR) is 102 cm³/mol. The van der Waals surface area contributed by atoms with Crippen molar-refractivity contribution >= 4 is 23.3 Å². The summed E-state index contributed by atoms with van der Waals surface area (Å²) in [4.78, 5) is 35.2. The van der Waals surface area contributed by atoms with Gasteiger partial charge in [0.25, 0.3) is 5.91 Å². The van der Waals surface area contributed by atoms with Crippen LogP contribution in [0.1, 0.15) is 47.1 Å². The summed E-state index contributed by atoms with van der Waals surface area (Å²) in [6.45, 7) is 5.45. The molecule has 1 N–H and O–H groups in total. The van der Waals surface area contributed by atoms with Crippen LogP contribution in [0.25, 0.3) is 0 Å². The first-order valence-electron chi connectivity index (χ1n) is 8.63. The van der Waals surface area contributed by atoms with Crippen molar-refractivity contribution < 1.29 is 23.9 Å². The molecular formula is C21H23NO5. The molecule has 0 fully saturated rings. The first-order valence-corrected chi connectivity index (χ1v) is 8.63. The molecule has 0 atom stereocenters. The molecule has 142 valence electrons. The first kappa shape index (κ1) is 20.3. The van der Waals surface area contributed by atoms with E-state index in [2.05, 4.69) is 5.32 Å². The van der Waals surface area contributed by atoms with Crippen LogP contribution < -0.4 is 5.32 Å². The molecule has 0 aliphatic carbocycles. The van der Waals surface area contributed by atoms with Gasteiger partial charge in [-0.15, -0.1) is 0 Å². The van der Waals surface area contributed by atoms with E-state index in [1.807, 2.05) is 13.8 Å². The summed E-state index contributed by atoms with van der Waals surface area (Å²) in [5, 5.41) is 2.61. The van der Waals surface area contributed by atoms with Crippen molar-refractivity contribution in [3.05, 3.63) is 65.2 Å². The third-order valence-electron chi connectivity index (χ3n) is 3.68. The summed E-state index contributed by atoms with van der Waals surface area (Å²) >= 11 is 0. The number of ketones is 1. The molecule has 0 unspecified atom stereocenters. The van der Waals surface area contributed by atoms with E-state index in [-0.39, 0.29) is 11.9 Å². The third kappa shape index (κ3) is 6.67. The van der Waals surface area contributed by atoms with Crippen LogP contribution in [-0.2, 0) is 20.9 Å². The number of anilines is 1. The van der Waals surface area contributed by atoms with Gasteiger partial charge in [0.1, 0.15) is 0 Å². The topological polar surface area (TPSA) is 81.7 Å². The number of nitrogens with one attached hydrogen (secondary N) is 1. The van der Waals surface area contributed by atoms with Gasteiger partial charge in [-0.25, -0.2) is 4.79 Å². The maximum atomic E-state index is 12.0. The number of Topliss-reactive ketones (excluding diaryl/α,β-unsaturated/α-hetero) is 1. The molecule has 0 saturated carbocycles. The molecule has 0 aliphatic rings. The van der Waals surface area contributed by atoms with E-state index in [9.17, 15) is 14.4 Å². The van der Waals surface area contributed by atoms with E-state index in [1.54, 1.807) is 48.5 Å². The molecule has 2 aromatic rings. The largest absolute Gasteiger partial charge is 0.452 e. The van der Waals surface area contributed by atoms with Crippen LogP contribution >= 0.6 is 0 Å². The molecule has 0 heterocycles. The van der Waals surface area contributed by atoms with Crippen molar-refractivity contribution in [2.45, 2.75) is 33.5 Å². The van der Waals surface area contributed by atoms with Crippen LogP contribution in [0.5, 0.6) is 0 Å². The summed E-state index contributed by atoms with van der Waals surface area (Å²) in [5.74, 6) is -1.09. The molecule has 27 heavy (non-hydrogen) atoms. The lowest BCUT2D eigenvalue weighted by Crippen LogP contribution is -2.21. The third-order valence-corrected chi connectivity index (χ3v) is 3.68. The first-order chi connectivity index (χ1) is 12.8. The van der Waals surface area contributed by atoms with Gasteiger partial charge in [0.15, 0.2) is 12.4 Å². The smallest absolute Gasteiger partial charge is 0.338 e. The number of hydrogen-bond acceptors (Lipinski definition) is 5. The zero-order valence-electron chi connectivity index (χ0n) is 15.7. The lowest BCUT2D eigenvalue weighted by molar-refractivity contribution is -0.119. The number of rotatable bonds is 8. The Balaban J connectivity index is 1.82. The number of carbonyl (C=O) groups is 3. The van der Waals surface area contributed by atoms with Gasteiger partial charge in [-0.3, -0.25) is 9.59 Å². The number of ether oxygens (including phenoxy) is 2. The lowest BCUT2D eigenvalue weighted by atomic mass is 10.1. The predicted octanol–water partition coefficient (Wildman–Crippen LogP) is 3.61. The normalized spacial score (nSPS) is 10.5. The van der Waals surface area contributed by atoms with Crippen molar-refractivity contribution in [1.82, 2.24) is 0 Å². The maximum absolute atomic E-state index is 12.0. The quantitative estimate of drug-likeness (QED) is 0.568. The fraction of sp³-hybridized carbons (Fsp3) is 0.286. The Morgan fingerprint density at radius 3 is 2.07 bits per heavy atom. The van der Waals surface area contributed by atoms with Crippen LogP contribution in [0.4, 0.5) is 5.69 Å². The van der Waals surface area contributed by atoms with Crippen LogP contribution in [-0.4, -0.2) is 30.4 Å². The van der Waals surface area contributed by atoms with E-state index in [1.165, 1.54) is 6.92 Å². The molecule has 0 radical (unpaired) electrons. The molecular weight excluding hydrogens is 346 g/mol. The van der Waals surface area contributed by atoms with Crippen LogP contribution in [0.15, 0.2) is 48.5 Å². The Kier molecular flexibility index (Phi) is 7.25. The van der Waals surface area contributed by atoms with Crippen molar-refractivity contribution in [2.24, 2.45) is 0 Å². The highest BCUT2D eigenvalue weighted by atomic mass is 16.5. The highest BCUT2D eigenvalue weighted by Crippen LogP contribution is 2.11. The Morgan fingerprint density at radius 1 is 0.926 bits per heavy atom. The van der Waals surface area contributed by atoms with Gasteiger partial charge < -0.3 is 14.8 Å². The van der Waals surface area contributed by atoms with E-state index in [0.717, 1.165) is 5.56 Å². The lowest BCUT2D eigenvalue weighted by Gasteiger charge is -2.09. The monoisotopic (exact) mass is 369 g/mol. The molecule has 0 bridgehead atoms. The van der Waals surface area contributed by atoms with Gasteiger partial charge in [0, 0.05) is 11.3 Å². The van der Waals surface area contributed by atoms with Gasteiger partial charge in [-0.2, -0.15) is 0 Å². The zero-order chi connectivity index (χ0) is 19.8. The van der Waals surface area contributed by atoms with Gasteiger partial charge in [-0.05, 0) is 62.7 Å². The van der Waals surface area contributed by atoms with E-state index in [4.69, 9.17) is 9.47 Å². The van der Waals surface area contributed by atoms with E-state index in [0.29, 0.717) is 23.4 Å². The average Bonchev–Trinajstić information content (AvgIpc) is 2.65. The van der Waals surface area contributed by atoms with Crippen molar-refractivity contribution in [2.75, 3.05) is 11.9 Å². The minimum absolute atomic E-state index is 0.0522. The number of amides is 1. The van der Waals surface area contributed by atoms with Gasteiger partial charge in [0.2, 0.25) is 0 Å². The number of hydrogen-bond donors (Lipinski definition) is 1. The summed E-state index contributed by atoms with van der Waals surface area (Å²) in [6.07, 6.45) is 0.131. The Labute approximate surface area is 158 Å². The second-order valence-corrected chi connectivity index (χ2v) is 6.31. The molecule has 1 amide bonds. The number of benzene rings is 2. The molecule has 2 rings (SSSR count). The van der Waals surface area contributed by atoms with Gasteiger partial charge in [-0.1, -0.05) is 12.1 Å². The van der Waals surface area contributed by atoms with E-state index >= 15 is 0 Å². The molecule has 6 heteroatoms. The average molecular weight is 369 g/mol. The Morgan fingerprint density at radius 2 is 1.52 bits per heavy atom. The highest BCUT2D eigenvalue weighted by Gasteiger charge is 2.11. The van der Waals surface area contributed by atoms with Crippen molar-refractivity contribution in [3.63, 3.8) is 0 Å². The summed E-state index contributed by atoms with van der Waals surface area (Å²) < 4.78 is 10.5. The molecule has 0 aliphatic heterocycles. The van der Waals surface area contributed by atoms with Crippen molar-refractivity contribution in [3.8, 4) is 0 Å². The fourth-order valence-electron chi connectivity index (χ4n) is 2.20. The Hall–Kier alpha value is -2.99. The van der Waals surface area contributed by atoms with Crippen LogP contribution in [0.3, 0.4) is 0 Å².